The van der Waals surface area contributed by atoms with E-state index in [9.17, 15) is 9.59 Å². The first-order chi connectivity index (χ1) is 12.4. The second-order valence-electron chi connectivity index (χ2n) is 8.64. The highest BCUT2D eigenvalue weighted by molar-refractivity contribution is 5.79. The van der Waals surface area contributed by atoms with Crippen molar-refractivity contribution < 1.29 is 23.5 Å². The van der Waals surface area contributed by atoms with Gasteiger partial charge >= 0.3 is 11.9 Å². The minimum absolute atomic E-state index is 0.196. The first kappa shape index (κ1) is 17.6. The van der Waals surface area contributed by atoms with Crippen LogP contribution in [0.25, 0.3) is 0 Å². The number of rotatable bonds is 4. The molecule has 0 bridgehead atoms. The number of ether oxygens (including phenoxy) is 2. The maximum absolute atomic E-state index is 12.8. The number of aryl methyl sites for hydroxylation is 1. The van der Waals surface area contributed by atoms with Crippen molar-refractivity contribution in [3.05, 3.63) is 23.2 Å². The van der Waals surface area contributed by atoms with Gasteiger partial charge in [-0.15, -0.1) is 0 Å². The lowest BCUT2D eigenvalue weighted by Crippen LogP contribution is -2.51. The van der Waals surface area contributed by atoms with Gasteiger partial charge in [0.2, 0.25) is 0 Å². The molecular formula is C21H28O5. The zero-order valence-electron chi connectivity index (χ0n) is 16.0. The van der Waals surface area contributed by atoms with Gasteiger partial charge in [-0.05, 0) is 37.2 Å². The molecule has 4 rings (SSSR count). The van der Waals surface area contributed by atoms with Gasteiger partial charge in [0.25, 0.3) is 0 Å². The standard InChI is InChI=1S/C21H28O5/c1-5-11(2)8-16(22)25-14-7-6-13-9-15-17(12(3)10-24-15)19-21(13,4)18(14)20(23)26-19/h10-11,13-14,18-19H,5-9H2,1-4H3/t11-,13+,14-,18-,19-,21-/m0/s1. The van der Waals surface area contributed by atoms with Crippen molar-refractivity contribution in [1.29, 1.82) is 0 Å². The van der Waals surface area contributed by atoms with Crippen molar-refractivity contribution in [2.24, 2.45) is 23.2 Å². The molecule has 0 N–H and O–H groups in total. The Morgan fingerprint density at radius 2 is 2.19 bits per heavy atom. The van der Waals surface area contributed by atoms with Gasteiger partial charge in [0.1, 0.15) is 23.9 Å². The molecule has 2 aliphatic carbocycles. The van der Waals surface area contributed by atoms with E-state index in [2.05, 4.69) is 13.8 Å². The highest BCUT2D eigenvalue weighted by Crippen LogP contribution is 2.63. The van der Waals surface area contributed by atoms with E-state index in [1.165, 1.54) is 0 Å². The average Bonchev–Trinajstić information content (AvgIpc) is 3.08. The van der Waals surface area contributed by atoms with E-state index in [1.54, 1.807) is 6.26 Å². The fourth-order valence-electron chi connectivity index (χ4n) is 5.30. The monoisotopic (exact) mass is 360 g/mol. The molecule has 0 amide bonds. The van der Waals surface area contributed by atoms with Crippen LogP contribution in [0, 0.1) is 30.1 Å². The van der Waals surface area contributed by atoms with Crippen molar-refractivity contribution in [2.45, 2.75) is 72.0 Å². The fourth-order valence-corrected chi connectivity index (χ4v) is 5.30. The lowest BCUT2D eigenvalue weighted by atomic mass is 9.54. The molecule has 0 aromatic carbocycles. The summed E-state index contributed by atoms with van der Waals surface area (Å²) >= 11 is 0. The summed E-state index contributed by atoms with van der Waals surface area (Å²) < 4.78 is 17.4. The largest absolute Gasteiger partial charge is 0.469 e. The Morgan fingerprint density at radius 3 is 2.92 bits per heavy atom. The van der Waals surface area contributed by atoms with Crippen LogP contribution in [0.4, 0.5) is 0 Å². The molecule has 1 saturated carbocycles. The third-order valence-corrected chi connectivity index (χ3v) is 7.07. The fraction of sp³-hybridized carbons (Fsp3) is 0.714. The molecule has 0 unspecified atom stereocenters. The Kier molecular flexibility index (Phi) is 4.16. The molecule has 1 saturated heterocycles. The maximum Gasteiger partial charge on any atom is 0.314 e. The van der Waals surface area contributed by atoms with E-state index >= 15 is 0 Å². The highest BCUT2D eigenvalue weighted by Gasteiger charge is 2.66. The normalized spacial score (nSPS) is 36.1. The van der Waals surface area contributed by atoms with E-state index in [1.807, 2.05) is 13.8 Å². The van der Waals surface area contributed by atoms with Crippen LogP contribution < -0.4 is 0 Å². The van der Waals surface area contributed by atoms with Gasteiger partial charge in [0, 0.05) is 23.8 Å². The topological polar surface area (TPSA) is 65.7 Å². The first-order valence-corrected chi connectivity index (χ1v) is 9.83. The third-order valence-electron chi connectivity index (χ3n) is 7.07. The molecule has 5 heteroatoms. The lowest BCUT2D eigenvalue weighted by Gasteiger charge is -2.48. The molecule has 0 spiro atoms. The number of hydrogen-bond donors (Lipinski definition) is 0. The van der Waals surface area contributed by atoms with Crippen molar-refractivity contribution >= 4 is 11.9 Å². The molecule has 26 heavy (non-hydrogen) atoms. The molecule has 2 heterocycles. The molecule has 2 fully saturated rings. The minimum atomic E-state index is -0.380. The van der Waals surface area contributed by atoms with Crippen LogP contribution in [0.3, 0.4) is 0 Å². The molecule has 6 atom stereocenters. The summed E-state index contributed by atoms with van der Waals surface area (Å²) in [5.41, 5.74) is 1.73. The zero-order valence-corrected chi connectivity index (χ0v) is 16.0. The van der Waals surface area contributed by atoms with Crippen LogP contribution in [0.1, 0.15) is 69.4 Å². The number of furan rings is 1. The van der Waals surface area contributed by atoms with E-state index < -0.39 is 0 Å². The Balaban J connectivity index is 1.62. The molecule has 1 aromatic rings. The Hall–Kier alpha value is -1.78. The maximum atomic E-state index is 12.8. The predicted octanol–water partition coefficient (Wildman–Crippen LogP) is 4.12. The highest BCUT2D eigenvalue weighted by atomic mass is 16.6. The minimum Gasteiger partial charge on any atom is -0.469 e. The summed E-state index contributed by atoms with van der Waals surface area (Å²) in [4.78, 5) is 25.2. The summed E-state index contributed by atoms with van der Waals surface area (Å²) in [6.07, 6.45) is 4.91. The second kappa shape index (κ2) is 6.14. The number of fused-ring (bicyclic) bond motifs is 2. The van der Waals surface area contributed by atoms with Gasteiger partial charge < -0.3 is 13.9 Å². The smallest absolute Gasteiger partial charge is 0.314 e. The quantitative estimate of drug-likeness (QED) is 0.756. The SMILES string of the molecule is CC[C@H](C)CC(=O)O[C@H]1CC[C@@H]2Cc3occ(C)c3[C@@H]3OC(=O)[C@H]1[C@]23C. The molecule has 5 nitrogen and oxygen atoms in total. The number of esters is 2. The number of carbonyl (C=O) groups excluding carboxylic acids is 2. The Morgan fingerprint density at radius 1 is 1.42 bits per heavy atom. The van der Waals surface area contributed by atoms with Gasteiger partial charge in [0.05, 0.1) is 6.26 Å². The van der Waals surface area contributed by atoms with E-state index in [0.29, 0.717) is 24.7 Å². The van der Waals surface area contributed by atoms with Gasteiger partial charge in [-0.1, -0.05) is 27.2 Å². The van der Waals surface area contributed by atoms with Crippen LogP contribution in [0.15, 0.2) is 10.7 Å². The average molecular weight is 360 g/mol. The second-order valence-corrected chi connectivity index (χ2v) is 8.64. The lowest BCUT2D eigenvalue weighted by molar-refractivity contribution is -0.164. The zero-order chi connectivity index (χ0) is 18.6. The molecule has 3 aliphatic rings. The Bertz CT molecular complexity index is 735. The molecular weight excluding hydrogens is 332 g/mol. The number of hydrogen-bond acceptors (Lipinski definition) is 5. The van der Waals surface area contributed by atoms with Crippen molar-refractivity contribution in [3.63, 3.8) is 0 Å². The van der Waals surface area contributed by atoms with Crippen molar-refractivity contribution in [1.82, 2.24) is 0 Å². The summed E-state index contributed by atoms with van der Waals surface area (Å²) in [6, 6.07) is 0. The molecule has 1 aliphatic heterocycles. The summed E-state index contributed by atoms with van der Waals surface area (Å²) in [6.45, 7) is 8.25. The van der Waals surface area contributed by atoms with Gasteiger partial charge in [-0.3, -0.25) is 9.59 Å². The van der Waals surface area contributed by atoms with Crippen LogP contribution in [0.5, 0.6) is 0 Å². The predicted molar refractivity (Wildman–Crippen MR) is 94.3 cm³/mol. The van der Waals surface area contributed by atoms with Gasteiger partial charge in [0.15, 0.2) is 0 Å². The molecule has 142 valence electrons. The van der Waals surface area contributed by atoms with E-state index in [0.717, 1.165) is 36.1 Å². The number of carbonyl (C=O) groups is 2. The summed E-state index contributed by atoms with van der Waals surface area (Å²) in [5, 5.41) is 0. The van der Waals surface area contributed by atoms with Crippen LogP contribution in [-0.2, 0) is 25.5 Å². The Labute approximate surface area is 154 Å². The molecule has 0 radical (unpaired) electrons. The van der Waals surface area contributed by atoms with E-state index in [-0.39, 0.29) is 35.5 Å². The van der Waals surface area contributed by atoms with Crippen molar-refractivity contribution in [2.75, 3.05) is 0 Å². The van der Waals surface area contributed by atoms with Crippen LogP contribution >= 0.6 is 0 Å². The summed E-state index contributed by atoms with van der Waals surface area (Å²) in [5.74, 6) is 0.760. The van der Waals surface area contributed by atoms with Gasteiger partial charge in [-0.2, -0.15) is 0 Å². The third kappa shape index (κ3) is 2.43. The van der Waals surface area contributed by atoms with Gasteiger partial charge in [-0.25, -0.2) is 0 Å². The van der Waals surface area contributed by atoms with Crippen LogP contribution in [-0.4, -0.2) is 18.0 Å². The molecule has 1 aromatic heterocycles. The van der Waals surface area contributed by atoms with Crippen LogP contribution in [0.2, 0.25) is 0 Å². The first-order valence-electron chi connectivity index (χ1n) is 9.83. The van der Waals surface area contributed by atoms with E-state index in [4.69, 9.17) is 13.9 Å². The van der Waals surface area contributed by atoms with Crippen molar-refractivity contribution in [3.8, 4) is 0 Å². The summed E-state index contributed by atoms with van der Waals surface area (Å²) in [7, 11) is 0.